The normalized spacial score (nSPS) is 8.50. The molecule has 0 heterocycles. The first kappa shape index (κ1) is 9.70. The Kier molecular flexibility index (Phi) is 5.32. The van der Waals surface area contributed by atoms with Crippen LogP contribution in [0.2, 0.25) is 0 Å². The van der Waals surface area contributed by atoms with Gasteiger partial charge in [-0.2, -0.15) is 0 Å². The van der Waals surface area contributed by atoms with Gasteiger partial charge < -0.3 is 0 Å². The van der Waals surface area contributed by atoms with Gasteiger partial charge in [0.05, 0.1) is 0 Å². The summed E-state index contributed by atoms with van der Waals surface area (Å²) >= 11 is 0. The molecular weight excluding hydrogens is 188 g/mol. The molecular formula is C9H13Br. The summed E-state index contributed by atoms with van der Waals surface area (Å²) in [5.41, 5.74) is 1.44. The number of aryl methyl sites for hydroxylation is 1. The maximum absolute atomic E-state index is 2.20. The molecule has 0 atom stereocenters. The van der Waals surface area contributed by atoms with Crippen molar-refractivity contribution in [2.75, 3.05) is 0 Å². The van der Waals surface area contributed by atoms with Crippen molar-refractivity contribution in [1.29, 1.82) is 0 Å². The molecule has 0 saturated carbocycles. The minimum atomic E-state index is 0. The van der Waals surface area contributed by atoms with E-state index < -0.39 is 0 Å². The Labute approximate surface area is 73.0 Å². The van der Waals surface area contributed by atoms with E-state index >= 15 is 0 Å². The van der Waals surface area contributed by atoms with Crippen LogP contribution in [0.1, 0.15) is 18.9 Å². The summed E-state index contributed by atoms with van der Waals surface area (Å²) in [5.74, 6) is 0. The van der Waals surface area contributed by atoms with E-state index in [1.807, 2.05) is 0 Å². The van der Waals surface area contributed by atoms with Crippen LogP contribution in [0, 0.1) is 0 Å². The van der Waals surface area contributed by atoms with Crippen molar-refractivity contribution in [3.63, 3.8) is 0 Å². The molecule has 1 aromatic rings. The Hall–Kier alpha value is -0.300. The van der Waals surface area contributed by atoms with Crippen LogP contribution in [0.4, 0.5) is 0 Å². The van der Waals surface area contributed by atoms with Crippen molar-refractivity contribution in [3.8, 4) is 0 Å². The molecule has 0 aliphatic rings. The topological polar surface area (TPSA) is 0 Å². The molecule has 0 amide bonds. The fraction of sp³-hybridized carbons (Fsp3) is 0.333. The van der Waals surface area contributed by atoms with Gasteiger partial charge in [-0.1, -0.05) is 43.7 Å². The zero-order valence-electron chi connectivity index (χ0n) is 6.21. The van der Waals surface area contributed by atoms with Crippen LogP contribution in [0.15, 0.2) is 30.3 Å². The lowest BCUT2D eigenvalue weighted by Gasteiger charge is -1.93. The first-order valence-electron chi connectivity index (χ1n) is 3.47. The van der Waals surface area contributed by atoms with Gasteiger partial charge in [-0.25, -0.2) is 0 Å². The van der Waals surface area contributed by atoms with Crippen LogP contribution < -0.4 is 0 Å². The quantitative estimate of drug-likeness (QED) is 0.689. The van der Waals surface area contributed by atoms with E-state index in [-0.39, 0.29) is 17.0 Å². The van der Waals surface area contributed by atoms with Crippen LogP contribution >= 0.6 is 17.0 Å². The van der Waals surface area contributed by atoms with Gasteiger partial charge in [0.25, 0.3) is 0 Å². The number of rotatable bonds is 2. The molecule has 0 bridgehead atoms. The Balaban J connectivity index is 0.000000810. The van der Waals surface area contributed by atoms with Gasteiger partial charge in [0.15, 0.2) is 0 Å². The Morgan fingerprint density at radius 1 is 1.10 bits per heavy atom. The second kappa shape index (κ2) is 5.48. The Morgan fingerprint density at radius 2 is 1.70 bits per heavy atom. The van der Waals surface area contributed by atoms with Crippen molar-refractivity contribution >= 4 is 17.0 Å². The predicted molar refractivity (Wildman–Crippen MR) is 50.8 cm³/mol. The molecule has 0 aromatic heterocycles. The fourth-order valence-corrected chi connectivity index (χ4v) is 0.933. The van der Waals surface area contributed by atoms with Gasteiger partial charge in [0.1, 0.15) is 0 Å². The summed E-state index contributed by atoms with van der Waals surface area (Å²) in [6.45, 7) is 2.20. The SMILES string of the molecule is Br.CCCc1ccccc1. The molecule has 10 heavy (non-hydrogen) atoms. The van der Waals surface area contributed by atoms with Crippen molar-refractivity contribution in [2.45, 2.75) is 19.8 Å². The lowest BCUT2D eigenvalue weighted by molar-refractivity contribution is 0.922. The zero-order chi connectivity index (χ0) is 6.53. The summed E-state index contributed by atoms with van der Waals surface area (Å²) in [6.07, 6.45) is 2.45. The summed E-state index contributed by atoms with van der Waals surface area (Å²) in [4.78, 5) is 0. The number of hydrogen-bond donors (Lipinski definition) is 0. The van der Waals surface area contributed by atoms with E-state index in [0.717, 1.165) is 0 Å². The van der Waals surface area contributed by atoms with Crippen LogP contribution in [0.5, 0.6) is 0 Å². The smallest absolute Gasteiger partial charge is 0.0281 e. The highest BCUT2D eigenvalue weighted by molar-refractivity contribution is 8.93. The van der Waals surface area contributed by atoms with Crippen molar-refractivity contribution in [3.05, 3.63) is 35.9 Å². The summed E-state index contributed by atoms with van der Waals surface area (Å²) in [7, 11) is 0. The Morgan fingerprint density at radius 3 is 2.20 bits per heavy atom. The van der Waals surface area contributed by atoms with E-state index in [1.165, 1.54) is 18.4 Å². The molecule has 0 spiro atoms. The van der Waals surface area contributed by atoms with E-state index in [9.17, 15) is 0 Å². The second-order valence-electron chi connectivity index (χ2n) is 2.24. The van der Waals surface area contributed by atoms with E-state index in [1.54, 1.807) is 0 Å². The highest BCUT2D eigenvalue weighted by Crippen LogP contribution is 2.00. The van der Waals surface area contributed by atoms with Gasteiger partial charge in [0, 0.05) is 0 Å². The maximum Gasteiger partial charge on any atom is -0.0281 e. The molecule has 0 saturated heterocycles. The molecule has 56 valence electrons. The molecule has 0 fully saturated rings. The fourth-order valence-electron chi connectivity index (χ4n) is 0.933. The molecule has 1 aromatic carbocycles. The molecule has 0 N–H and O–H groups in total. The highest BCUT2D eigenvalue weighted by Gasteiger charge is 1.84. The van der Waals surface area contributed by atoms with Crippen LogP contribution in [0.25, 0.3) is 0 Å². The molecule has 0 radical (unpaired) electrons. The van der Waals surface area contributed by atoms with Gasteiger partial charge in [0.2, 0.25) is 0 Å². The van der Waals surface area contributed by atoms with Crippen LogP contribution in [0.3, 0.4) is 0 Å². The number of hydrogen-bond acceptors (Lipinski definition) is 0. The summed E-state index contributed by atoms with van der Waals surface area (Å²) in [6, 6.07) is 10.6. The lowest BCUT2D eigenvalue weighted by Crippen LogP contribution is -1.78. The van der Waals surface area contributed by atoms with Crippen LogP contribution in [-0.2, 0) is 6.42 Å². The van der Waals surface area contributed by atoms with E-state index in [4.69, 9.17) is 0 Å². The molecule has 0 aliphatic heterocycles. The highest BCUT2D eigenvalue weighted by atomic mass is 79.9. The molecule has 0 unspecified atom stereocenters. The minimum Gasteiger partial charge on any atom is -0.114 e. The molecule has 1 rings (SSSR count). The lowest BCUT2D eigenvalue weighted by atomic mass is 10.1. The predicted octanol–water partition coefficient (Wildman–Crippen LogP) is 3.22. The average Bonchev–Trinajstić information content (AvgIpc) is 1.91. The van der Waals surface area contributed by atoms with E-state index in [0.29, 0.717) is 0 Å². The standard InChI is InChI=1S/C9H12.BrH/c1-2-6-9-7-4-3-5-8-9;/h3-5,7-8H,2,6H2,1H3;1H. The van der Waals surface area contributed by atoms with Gasteiger partial charge in [-0.05, 0) is 12.0 Å². The summed E-state index contributed by atoms with van der Waals surface area (Å²) in [5, 5.41) is 0. The molecule has 0 aliphatic carbocycles. The largest absolute Gasteiger partial charge is 0.114 e. The van der Waals surface area contributed by atoms with E-state index in [2.05, 4.69) is 37.3 Å². The minimum absolute atomic E-state index is 0. The first-order valence-corrected chi connectivity index (χ1v) is 3.47. The third kappa shape index (κ3) is 3.02. The number of halogens is 1. The molecule has 0 nitrogen and oxygen atoms in total. The summed E-state index contributed by atoms with van der Waals surface area (Å²) < 4.78 is 0. The third-order valence-electron chi connectivity index (χ3n) is 1.38. The maximum atomic E-state index is 2.20. The van der Waals surface area contributed by atoms with Gasteiger partial charge in [-0.15, -0.1) is 17.0 Å². The zero-order valence-corrected chi connectivity index (χ0v) is 7.92. The van der Waals surface area contributed by atoms with Gasteiger partial charge in [-0.3, -0.25) is 0 Å². The van der Waals surface area contributed by atoms with Gasteiger partial charge >= 0.3 is 0 Å². The van der Waals surface area contributed by atoms with Crippen molar-refractivity contribution < 1.29 is 0 Å². The molecule has 1 heteroatoms. The van der Waals surface area contributed by atoms with Crippen molar-refractivity contribution in [1.82, 2.24) is 0 Å². The van der Waals surface area contributed by atoms with Crippen molar-refractivity contribution in [2.24, 2.45) is 0 Å². The second-order valence-corrected chi connectivity index (χ2v) is 2.24. The average molecular weight is 201 g/mol. The van der Waals surface area contributed by atoms with Crippen LogP contribution in [-0.4, -0.2) is 0 Å². The monoisotopic (exact) mass is 200 g/mol. The Bertz CT molecular complexity index is 158. The number of benzene rings is 1. The third-order valence-corrected chi connectivity index (χ3v) is 1.38. The first-order chi connectivity index (χ1) is 4.43.